The molecule has 1 amide bonds. The van der Waals surface area contributed by atoms with Gasteiger partial charge in [-0.2, -0.15) is 0 Å². The summed E-state index contributed by atoms with van der Waals surface area (Å²) in [7, 11) is 3.40. The van der Waals surface area contributed by atoms with Gasteiger partial charge in [0.25, 0.3) is 5.91 Å². The normalized spacial score (nSPS) is 12.4. The second-order valence-electron chi connectivity index (χ2n) is 8.70. The molecule has 0 bridgehead atoms. The lowest BCUT2D eigenvalue weighted by Crippen LogP contribution is -2.24. The Kier molecular flexibility index (Phi) is 7.16. The van der Waals surface area contributed by atoms with E-state index in [1.165, 1.54) is 10.5 Å². The summed E-state index contributed by atoms with van der Waals surface area (Å²) in [6, 6.07) is 16.3. The molecule has 1 aromatic carbocycles. The molecule has 37 heavy (non-hydrogen) atoms. The Balaban J connectivity index is 1.29. The van der Waals surface area contributed by atoms with Gasteiger partial charge < -0.3 is 25.6 Å². The van der Waals surface area contributed by atoms with Crippen molar-refractivity contribution in [2.45, 2.75) is 13.0 Å². The standard InChI is InChI=1S/C27H26ClN7O2/c1-35(2)27(36)20-4-3-11-31-26(20)32-18-6-7-23(21(28)14-18)37-19-9-13-30-25(15-19)34-24-8-5-17-16-29-12-10-22(17)33-24/h3-9,11,13-15,29H,10,12,16H2,1-2H3,(H,31,32)(H,30,33,34). The number of hydrogen-bond donors (Lipinski definition) is 3. The Bertz CT molecular complexity index is 1440. The number of rotatable bonds is 7. The van der Waals surface area contributed by atoms with Gasteiger partial charge in [-0.05, 0) is 48.0 Å². The van der Waals surface area contributed by atoms with Crippen molar-refractivity contribution in [1.29, 1.82) is 0 Å². The second kappa shape index (κ2) is 10.8. The van der Waals surface area contributed by atoms with Gasteiger partial charge in [0, 0.05) is 63.4 Å². The van der Waals surface area contributed by atoms with Crippen LogP contribution in [0.3, 0.4) is 0 Å². The van der Waals surface area contributed by atoms with Crippen LogP contribution in [0.15, 0.2) is 67.0 Å². The predicted molar refractivity (Wildman–Crippen MR) is 144 cm³/mol. The molecule has 188 valence electrons. The number of aromatic nitrogens is 3. The number of fused-ring (bicyclic) bond motifs is 1. The summed E-state index contributed by atoms with van der Waals surface area (Å²) in [6.45, 7) is 1.77. The lowest BCUT2D eigenvalue weighted by atomic mass is 10.1. The Morgan fingerprint density at radius 1 is 1.03 bits per heavy atom. The van der Waals surface area contributed by atoms with Crippen molar-refractivity contribution in [3.05, 3.63) is 88.8 Å². The number of nitrogens with one attached hydrogen (secondary N) is 3. The maximum Gasteiger partial charge on any atom is 0.257 e. The first-order chi connectivity index (χ1) is 18.0. The minimum atomic E-state index is -0.147. The molecule has 3 aromatic heterocycles. The average molecular weight is 516 g/mol. The Hall–Kier alpha value is -4.21. The first kappa shape index (κ1) is 24.5. The van der Waals surface area contributed by atoms with E-state index in [1.54, 1.807) is 62.9 Å². The van der Waals surface area contributed by atoms with Crippen LogP contribution >= 0.6 is 11.6 Å². The van der Waals surface area contributed by atoms with E-state index in [4.69, 9.17) is 21.3 Å². The van der Waals surface area contributed by atoms with Crippen LogP contribution in [-0.4, -0.2) is 46.4 Å². The molecule has 1 aliphatic heterocycles. The molecule has 10 heteroatoms. The van der Waals surface area contributed by atoms with Crippen molar-refractivity contribution in [2.75, 3.05) is 31.3 Å². The molecule has 0 spiro atoms. The van der Waals surface area contributed by atoms with E-state index in [1.807, 2.05) is 12.1 Å². The summed E-state index contributed by atoms with van der Waals surface area (Å²) in [5.74, 6) is 2.70. The van der Waals surface area contributed by atoms with Crippen molar-refractivity contribution in [1.82, 2.24) is 25.2 Å². The van der Waals surface area contributed by atoms with E-state index in [-0.39, 0.29) is 5.91 Å². The van der Waals surface area contributed by atoms with Crippen LogP contribution in [0.4, 0.5) is 23.1 Å². The van der Waals surface area contributed by atoms with Gasteiger partial charge in [0.1, 0.15) is 29.0 Å². The smallest absolute Gasteiger partial charge is 0.257 e. The van der Waals surface area contributed by atoms with Crippen molar-refractivity contribution in [2.24, 2.45) is 0 Å². The number of carbonyl (C=O) groups excluding carboxylic acids is 1. The van der Waals surface area contributed by atoms with Crippen molar-refractivity contribution in [3.63, 3.8) is 0 Å². The van der Waals surface area contributed by atoms with Crippen molar-refractivity contribution in [3.8, 4) is 11.5 Å². The van der Waals surface area contributed by atoms with E-state index < -0.39 is 0 Å². The topological polar surface area (TPSA) is 104 Å². The van der Waals surface area contributed by atoms with E-state index in [2.05, 4.69) is 32.0 Å². The molecule has 4 aromatic rings. The molecule has 1 aliphatic rings. The molecular weight excluding hydrogens is 490 g/mol. The predicted octanol–water partition coefficient (Wildman–Crippen LogP) is 5.15. The Morgan fingerprint density at radius 3 is 2.76 bits per heavy atom. The van der Waals surface area contributed by atoms with Crippen LogP contribution in [-0.2, 0) is 13.0 Å². The summed E-state index contributed by atoms with van der Waals surface area (Å²) in [4.78, 5) is 27.4. The lowest BCUT2D eigenvalue weighted by Gasteiger charge is -2.17. The van der Waals surface area contributed by atoms with Crippen LogP contribution in [0.1, 0.15) is 21.6 Å². The highest BCUT2D eigenvalue weighted by molar-refractivity contribution is 6.32. The molecule has 3 N–H and O–H groups in total. The Labute approximate surface area is 219 Å². The quantitative estimate of drug-likeness (QED) is 0.310. The fourth-order valence-electron chi connectivity index (χ4n) is 3.92. The van der Waals surface area contributed by atoms with Crippen molar-refractivity contribution < 1.29 is 9.53 Å². The second-order valence-corrected chi connectivity index (χ2v) is 9.11. The average Bonchev–Trinajstić information content (AvgIpc) is 2.90. The molecular formula is C27H26ClN7O2. The molecule has 0 atom stereocenters. The number of benzene rings is 1. The van der Waals surface area contributed by atoms with Crippen LogP contribution in [0.25, 0.3) is 0 Å². The molecule has 5 rings (SSSR count). The first-order valence-corrected chi connectivity index (χ1v) is 12.2. The van der Waals surface area contributed by atoms with Crippen LogP contribution in [0, 0.1) is 0 Å². The summed E-state index contributed by atoms with van der Waals surface area (Å²) < 4.78 is 6.03. The van der Waals surface area contributed by atoms with Gasteiger partial charge in [0.15, 0.2) is 0 Å². The molecule has 4 heterocycles. The van der Waals surface area contributed by atoms with Gasteiger partial charge in [0.05, 0.1) is 10.6 Å². The summed E-state index contributed by atoms with van der Waals surface area (Å²) in [6.07, 6.45) is 4.19. The Morgan fingerprint density at radius 2 is 1.92 bits per heavy atom. The van der Waals surface area contributed by atoms with Crippen molar-refractivity contribution >= 4 is 40.6 Å². The monoisotopic (exact) mass is 515 g/mol. The maximum absolute atomic E-state index is 12.5. The zero-order chi connectivity index (χ0) is 25.8. The summed E-state index contributed by atoms with van der Waals surface area (Å²) >= 11 is 6.53. The number of anilines is 4. The highest BCUT2D eigenvalue weighted by atomic mass is 35.5. The van der Waals surface area contributed by atoms with E-state index in [0.29, 0.717) is 39.4 Å². The summed E-state index contributed by atoms with van der Waals surface area (Å²) in [5, 5.41) is 10.2. The number of amides is 1. The third-order valence-corrected chi connectivity index (χ3v) is 6.07. The van der Waals surface area contributed by atoms with Gasteiger partial charge in [-0.25, -0.2) is 15.0 Å². The number of ether oxygens (including phenoxy) is 1. The fourth-order valence-corrected chi connectivity index (χ4v) is 4.14. The highest BCUT2D eigenvalue weighted by Crippen LogP contribution is 2.33. The van der Waals surface area contributed by atoms with Gasteiger partial charge in [-0.15, -0.1) is 0 Å². The van der Waals surface area contributed by atoms with Crippen LogP contribution < -0.4 is 20.7 Å². The summed E-state index contributed by atoms with van der Waals surface area (Å²) in [5.41, 5.74) is 3.46. The molecule has 9 nitrogen and oxygen atoms in total. The number of hydrogen-bond acceptors (Lipinski definition) is 8. The highest BCUT2D eigenvalue weighted by Gasteiger charge is 2.15. The molecule has 0 fully saturated rings. The van der Waals surface area contributed by atoms with E-state index >= 15 is 0 Å². The number of halogens is 1. The van der Waals surface area contributed by atoms with E-state index in [0.717, 1.165) is 31.0 Å². The minimum Gasteiger partial charge on any atom is -0.456 e. The minimum absolute atomic E-state index is 0.147. The third-order valence-electron chi connectivity index (χ3n) is 5.78. The SMILES string of the molecule is CN(C)C(=O)c1cccnc1Nc1ccc(Oc2ccnc(Nc3ccc4c(n3)CCNC4)c2)c(Cl)c1. The number of nitrogens with zero attached hydrogens (tertiary/aromatic N) is 4. The van der Waals surface area contributed by atoms with Crippen LogP contribution in [0.2, 0.25) is 5.02 Å². The van der Waals surface area contributed by atoms with Gasteiger partial charge in [0.2, 0.25) is 0 Å². The maximum atomic E-state index is 12.5. The zero-order valence-corrected chi connectivity index (χ0v) is 21.2. The molecule has 0 radical (unpaired) electrons. The molecule has 0 aliphatic carbocycles. The third kappa shape index (κ3) is 5.79. The van der Waals surface area contributed by atoms with E-state index in [9.17, 15) is 4.79 Å². The molecule has 0 saturated heterocycles. The number of carbonyl (C=O) groups is 1. The van der Waals surface area contributed by atoms with Gasteiger partial charge >= 0.3 is 0 Å². The fraction of sp³-hybridized carbons (Fsp3) is 0.185. The van der Waals surface area contributed by atoms with Gasteiger partial charge in [-0.1, -0.05) is 17.7 Å². The molecule has 0 unspecified atom stereocenters. The molecule has 0 saturated carbocycles. The first-order valence-electron chi connectivity index (χ1n) is 11.8. The number of pyridine rings is 3. The van der Waals surface area contributed by atoms with Crippen LogP contribution in [0.5, 0.6) is 11.5 Å². The van der Waals surface area contributed by atoms with Gasteiger partial charge in [-0.3, -0.25) is 4.79 Å². The lowest BCUT2D eigenvalue weighted by molar-refractivity contribution is 0.0828. The largest absolute Gasteiger partial charge is 0.456 e. The zero-order valence-electron chi connectivity index (χ0n) is 20.5.